The molecule has 0 atom stereocenters. The van der Waals surface area contributed by atoms with Crippen molar-refractivity contribution in [3.63, 3.8) is 0 Å². The van der Waals surface area contributed by atoms with Crippen molar-refractivity contribution < 1.29 is 8.42 Å². The van der Waals surface area contributed by atoms with Gasteiger partial charge in [0.05, 0.1) is 11.4 Å². The van der Waals surface area contributed by atoms with Gasteiger partial charge in [-0.05, 0) is 18.6 Å². The van der Waals surface area contributed by atoms with Crippen LogP contribution in [0.3, 0.4) is 0 Å². The van der Waals surface area contributed by atoms with Crippen LogP contribution >= 0.6 is 0 Å². The Balaban J connectivity index is 2.60. The predicted octanol–water partition coefficient (Wildman–Crippen LogP) is 2.05. The monoisotopic (exact) mass is 212 g/mol. The highest BCUT2D eigenvalue weighted by atomic mass is 32.2. The summed E-state index contributed by atoms with van der Waals surface area (Å²) in [6.07, 6.45) is 1.53. The van der Waals surface area contributed by atoms with Gasteiger partial charge in [0.2, 0.25) is 0 Å². The lowest BCUT2D eigenvalue weighted by atomic mass is 10.3. The molecule has 0 aliphatic carbocycles. The molecule has 0 amide bonds. The van der Waals surface area contributed by atoms with Gasteiger partial charge in [-0.1, -0.05) is 31.5 Å². The van der Waals surface area contributed by atoms with Gasteiger partial charge in [0.15, 0.2) is 0 Å². The van der Waals surface area contributed by atoms with Crippen LogP contribution in [0.2, 0.25) is 0 Å². The SMILES string of the molecule is CCCCS(=O)(=O)[N]c1ccccc1. The summed E-state index contributed by atoms with van der Waals surface area (Å²) < 4.78 is 26.5. The quantitative estimate of drug-likeness (QED) is 0.750. The first-order valence-electron chi connectivity index (χ1n) is 4.65. The second-order valence-electron chi connectivity index (χ2n) is 3.07. The van der Waals surface area contributed by atoms with E-state index in [1.807, 2.05) is 13.0 Å². The maximum absolute atomic E-state index is 11.4. The Morgan fingerprint density at radius 2 is 1.86 bits per heavy atom. The fourth-order valence-electron chi connectivity index (χ4n) is 1.02. The van der Waals surface area contributed by atoms with Crippen LogP contribution in [0.25, 0.3) is 0 Å². The van der Waals surface area contributed by atoms with Gasteiger partial charge in [0.1, 0.15) is 0 Å². The molecule has 0 spiro atoms. The lowest BCUT2D eigenvalue weighted by molar-refractivity contribution is 0.587. The van der Waals surface area contributed by atoms with Gasteiger partial charge in [0.25, 0.3) is 10.0 Å². The zero-order valence-corrected chi connectivity index (χ0v) is 9.00. The van der Waals surface area contributed by atoms with Crippen LogP contribution in [0.4, 0.5) is 5.69 Å². The van der Waals surface area contributed by atoms with E-state index in [1.54, 1.807) is 24.3 Å². The lowest BCUT2D eigenvalue weighted by Gasteiger charge is -2.02. The van der Waals surface area contributed by atoms with E-state index in [4.69, 9.17) is 0 Å². The minimum absolute atomic E-state index is 0.137. The van der Waals surface area contributed by atoms with Crippen LogP contribution in [0.5, 0.6) is 0 Å². The zero-order chi connectivity index (χ0) is 10.4. The van der Waals surface area contributed by atoms with E-state index in [1.165, 1.54) is 0 Å². The first-order valence-corrected chi connectivity index (χ1v) is 6.26. The average molecular weight is 212 g/mol. The molecule has 1 aromatic carbocycles. The Kier molecular flexibility index (Phi) is 3.95. The molecule has 0 bridgehead atoms. The van der Waals surface area contributed by atoms with Crippen LogP contribution in [0, 0.1) is 0 Å². The first kappa shape index (κ1) is 11.0. The molecule has 0 saturated carbocycles. The number of nitrogens with zero attached hydrogens (tertiary/aromatic N) is 1. The third-order valence-electron chi connectivity index (χ3n) is 1.76. The van der Waals surface area contributed by atoms with Crippen LogP contribution < -0.4 is 4.72 Å². The molecule has 77 valence electrons. The Labute approximate surface area is 85.2 Å². The van der Waals surface area contributed by atoms with Gasteiger partial charge in [-0.2, -0.15) is 4.72 Å². The summed E-state index contributed by atoms with van der Waals surface area (Å²) in [6.45, 7) is 1.96. The van der Waals surface area contributed by atoms with E-state index in [0.717, 1.165) is 6.42 Å². The lowest BCUT2D eigenvalue weighted by Crippen LogP contribution is -2.15. The molecule has 0 unspecified atom stereocenters. The second kappa shape index (κ2) is 5.00. The highest BCUT2D eigenvalue weighted by Crippen LogP contribution is 2.09. The van der Waals surface area contributed by atoms with Crippen molar-refractivity contribution in [1.82, 2.24) is 4.72 Å². The van der Waals surface area contributed by atoms with E-state index >= 15 is 0 Å². The topological polar surface area (TPSA) is 48.2 Å². The van der Waals surface area contributed by atoms with Crippen LogP contribution in [-0.2, 0) is 10.0 Å². The number of benzene rings is 1. The summed E-state index contributed by atoms with van der Waals surface area (Å²) in [4.78, 5) is 0. The molecule has 0 aliphatic rings. The van der Waals surface area contributed by atoms with Crippen molar-refractivity contribution in [1.29, 1.82) is 0 Å². The molecule has 0 N–H and O–H groups in total. The molecule has 0 aliphatic heterocycles. The standard InChI is InChI=1S/C10H14NO2S/c1-2-3-9-14(12,13)11-10-7-5-4-6-8-10/h4-8H,2-3,9H2,1H3. The predicted molar refractivity (Wildman–Crippen MR) is 56.9 cm³/mol. The maximum Gasteiger partial charge on any atom is 0.253 e. The Hall–Kier alpha value is -1.03. The van der Waals surface area contributed by atoms with Crippen molar-refractivity contribution in [2.45, 2.75) is 19.8 Å². The molecular formula is C10H14NO2S. The van der Waals surface area contributed by atoms with E-state index in [-0.39, 0.29) is 5.75 Å². The van der Waals surface area contributed by atoms with Gasteiger partial charge in [-0.15, -0.1) is 0 Å². The van der Waals surface area contributed by atoms with Crippen molar-refractivity contribution in [2.24, 2.45) is 0 Å². The maximum atomic E-state index is 11.4. The average Bonchev–Trinajstić information content (AvgIpc) is 2.16. The molecule has 0 aromatic heterocycles. The largest absolute Gasteiger partial charge is 0.253 e. The van der Waals surface area contributed by atoms with Gasteiger partial charge < -0.3 is 0 Å². The van der Waals surface area contributed by atoms with Gasteiger partial charge in [-0.3, -0.25) is 0 Å². The van der Waals surface area contributed by atoms with Gasteiger partial charge >= 0.3 is 0 Å². The smallest absolute Gasteiger partial charge is 0.205 e. The van der Waals surface area contributed by atoms with Crippen molar-refractivity contribution in [2.75, 3.05) is 5.75 Å². The van der Waals surface area contributed by atoms with Crippen molar-refractivity contribution in [3.8, 4) is 0 Å². The molecule has 3 nitrogen and oxygen atoms in total. The third kappa shape index (κ3) is 3.79. The molecule has 0 saturated heterocycles. The number of rotatable bonds is 5. The van der Waals surface area contributed by atoms with Gasteiger partial charge in [0, 0.05) is 0 Å². The van der Waals surface area contributed by atoms with Gasteiger partial charge in [-0.25, -0.2) is 8.42 Å². The Morgan fingerprint density at radius 1 is 1.21 bits per heavy atom. The van der Waals surface area contributed by atoms with E-state index in [0.29, 0.717) is 12.1 Å². The minimum atomic E-state index is -3.27. The Bertz CT molecular complexity index is 359. The normalized spacial score (nSPS) is 11.2. The van der Waals surface area contributed by atoms with Crippen LogP contribution in [0.15, 0.2) is 30.3 Å². The van der Waals surface area contributed by atoms with E-state index in [2.05, 4.69) is 4.72 Å². The molecule has 1 rings (SSSR count). The van der Waals surface area contributed by atoms with E-state index in [9.17, 15) is 8.42 Å². The summed E-state index contributed by atoms with van der Waals surface area (Å²) in [5.41, 5.74) is 0.503. The number of hydrogen-bond acceptors (Lipinski definition) is 2. The minimum Gasteiger partial charge on any atom is -0.205 e. The molecule has 0 fully saturated rings. The van der Waals surface area contributed by atoms with E-state index < -0.39 is 10.0 Å². The number of unbranched alkanes of at least 4 members (excludes halogenated alkanes) is 1. The van der Waals surface area contributed by atoms with Crippen LogP contribution in [0.1, 0.15) is 19.8 Å². The molecule has 0 heterocycles. The highest BCUT2D eigenvalue weighted by Gasteiger charge is 2.11. The number of sulfonamides is 1. The second-order valence-corrected chi connectivity index (χ2v) is 4.82. The van der Waals surface area contributed by atoms with Crippen molar-refractivity contribution in [3.05, 3.63) is 30.3 Å². The third-order valence-corrected chi connectivity index (χ3v) is 3.05. The zero-order valence-electron chi connectivity index (χ0n) is 8.18. The highest BCUT2D eigenvalue weighted by molar-refractivity contribution is 7.89. The van der Waals surface area contributed by atoms with Crippen LogP contribution in [-0.4, -0.2) is 14.2 Å². The summed E-state index contributed by atoms with van der Waals surface area (Å²) in [7, 11) is -3.27. The molecule has 1 radical (unpaired) electrons. The summed E-state index contributed by atoms with van der Waals surface area (Å²) in [5.74, 6) is 0.137. The molecule has 1 aromatic rings. The molecular weight excluding hydrogens is 198 g/mol. The molecule has 14 heavy (non-hydrogen) atoms. The van der Waals surface area contributed by atoms with Crippen molar-refractivity contribution >= 4 is 15.7 Å². The summed E-state index contributed by atoms with van der Waals surface area (Å²) >= 11 is 0. The first-order chi connectivity index (χ1) is 6.64. The fourth-order valence-corrected chi connectivity index (χ4v) is 2.21. The fraction of sp³-hybridized carbons (Fsp3) is 0.400. The summed E-state index contributed by atoms with van der Waals surface area (Å²) in [5, 5.41) is 0. The number of hydrogen-bond donors (Lipinski definition) is 0. The Morgan fingerprint density at radius 3 is 2.43 bits per heavy atom. The molecule has 4 heteroatoms. The summed E-state index contributed by atoms with van der Waals surface area (Å²) in [6, 6.07) is 8.74.